The second-order valence-electron chi connectivity index (χ2n) is 2.27. The van der Waals surface area contributed by atoms with E-state index in [1.54, 1.807) is 6.20 Å². The summed E-state index contributed by atoms with van der Waals surface area (Å²) in [6.45, 7) is 0.566. The van der Waals surface area contributed by atoms with Crippen molar-refractivity contribution in [2.75, 3.05) is 5.32 Å². The van der Waals surface area contributed by atoms with Crippen LogP contribution in [0.5, 0.6) is 0 Å². The van der Waals surface area contributed by atoms with Crippen LogP contribution in [0.1, 0.15) is 0 Å². The number of allylic oxidation sites excluding steroid dienone is 1. The number of nitrogens with zero attached hydrogens (tertiary/aromatic N) is 4. The maximum absolute atomic E-state index is 10.2. The SMILES string of the molecule is O=S(=O)=Nc1nc2n(n1)CC=CN2. The first kappa shape index (κ1) is 7.92. The standard InChI is InChI=1S/C5H5N5O2S/c11-13(12)9-4-7-5-6-2-1-3-10(5)8-4/h1-2H,3H2,(H,6,7,8). The largest absolute Gasteiger partial charge is 0.331 e. The Kier molecular flexibility index (Phi) is 1.81. The van der Waals surface area contributed by atoms with Crippen molar-refractivity contribution in [2.45, 2.75) is 6.54 Å². The highest BCUT2D eigenvalue weighted by molar-refractivity contribution is 7.61. The first-order valence-corrected chi connectivity index (χ1v) is 4.46. The zero-order valence-electron chi connectivity index (χ0n) is 6.38. The molecule has 0 radical (unpaired) electrons. The highest BCUT2D eigenvalue weighted by Gasteiger charge is 2.09. The molecule has 1 aliphatic heterocycles. The second kappa shape index (κ2) is 2.98. The minimum absolute atomic E-state index is 0.0560. The molecule has 7 nitrogen and oxygen atoms in total. The van der Waals surface area contributed by atoms with E-state index >= 15 is 0 Å². The summed E-state index contributed by atoms with van der Waals surface area (Å²) < 4.78 is 25.1. The molecule has 1 N–H and O–H groups in total. The smallest absolute Gasteiger partial charge is 0.319 e. The number of aromatic nitrogens is 3. The van der Waals surface area contributed by atoms with Gasteiger partial charge in [0.1, 0.15) is 0 Å². The molecular formula is C5H5N5O2S. The molecule has 1 aliphatic rings. The molecule has 0 saturated heterocycles. The van der Waals surface area contributed by atoms with Gasteiger partial charge < -0.3 is 5.32 Å². The fraction of sp³-hybridized carbons (Fsp3) is 0.200. The van der Waals surface area contributed by atoms with Crippen LogP contribution in [0.4, 0.5) is 11.9 Å². The minimum atomic E-state index is -2.51. The number of hydrogen-bond acceptors (Lipinski definition) is 6. The summed E-state index contributed by atoms with van der Waals surface area (Å²) in [6, 6.07) is 0. The van der Waals surface area contributed by atoms with Gasteiger partial charge in [0.2, 0.25) is 5.95 Å². The molecule has 0 saturated carbocycles. The molecule has 2 rings (SSSR count). The molecule has 8 heteroatoms. The summed E-state index contributed by atoms with van der Waals surface area (Å²) in [5.41, 5.74) is 0. The van der Waals surface area contributed by atoms with E-state index in [9.17, 15) is 8.42 Å². The van der Waals surface area contributed by atoms with Gasteiger partial charge in [-0.05, 0) is 6.08 Å². The van der Waals surface area contributed by atoms with Crippen LogP contribution in [0.3, 0.4) is 0 Å². The summed E-state index contributed by atoms with van der Waals surface area (Å²) in [7, 11) is -2.51. The van der Waals surface area contributed by atoms with Gasteiger partial charge in [-0.3, -0.25) is 0 Å². The predicted molar refractivity (Wildman–Crippen MR) is 43.8 cm³/mol. The lowest BCUT2D eigenvalue weighted by molar-refractivity contribution is 0.622. The zero-order valence-corrected chi connectivity index (χ0v) is 7.19. The maximum atomic E-state index is 10.2. The Morgan fingerprint density at radius 1 is 1.62 bits per heavy atom. The van der Waals surface area contributed by atoms with Crippen molar-refractivity contribution in [1.29, 1.82) is 0 Å². The summed E-state index contributed by atoms with van der Waals surface area (Å²) in [5, 5.41) is 6.63. The summed E-state index contributed by atoms with van der Waals surface area (Å²) in [4.78, 5) is 3.82. The normalized spacial score (nSPS) is 13.2. The fourth-order valence-corrected chi connectivity index (χ4v) is 1.17. The molecule has 0 amide bonds. The molecule has 0 unspecified atom stereocenters. The van der Waals surface area contributed by atoms with Crippen LogP contribution in [0.15, 0.2) is 16.6 Å². The molecule has 13 heavy (non-hydrogen) atoms. The van der Waals surface area contributed by atoms with Crippen molar-refractivity contribution >= 4 is 22.4 Å². The van der Waals surface area contributed by atoms with Crippen molar-refractivity contribution in [3.8, 4) is 0 Å². The first-order chi connectivity index (χ1) is 6.25. The van der Waals surface area contributed by atoms with Crippen molar-refractivity contribution in [1.82, 2.24) is 14.8 Å². The van der Waals surface area contributed by atoms with Gasteiger partial charge in [0.15, 0.2) is 0 Å². The van der Waals surface area contributed by atoms with E-state index in [1.165, 1.54) is 4.68 Å². The molecule has 68 valence electrons. The summed E-state index contributed by atoms with van der Waals surface area (Å²) in [6.07, 6.45) is 3.54. The van der Waals surface area contributed by atoms with E-state index in [2.05, 4.69) is 19.8 Å². The molecule has 0 aromatic carbocycles. The van der Waals surface area contributed by atoms with Crippen LogP contribution < -0.4 is 5.32 Å². The van der Waals surface area contributed by atoms with Crippen LogP contribution in [0.25, 0.3) is 0 Å². The monoisotopic (exact) mass is 199 g/mol. The van der Waals surface area contributed by atoms with E-state index in [-0.39, 0.29) is 5.95 Å². The van der Waals surface area contributed by atoms with E-state index in [0.717, 1.165) is 0 Å². The van der Waals surface area contributed by atoms with Gasteiger partial charge >= 0.3 is 10.5 Å². The van der Waals surface area contributed by atoms with Gasteiger partial charge in [-0.25, -0.2) is 4.68 Å². The average molecular weight is 199 g/mol. The Labute approximate surface area is 74.8 Å². The van der Waals surface area contributed by atoms with Crippen LogP contribution in [-0.2, 0) is 17.0 Å². The number of fused-ring (bicyclic) bond motifs is 1. The lowest BCUT2D eigenvalue weighted by atomic mass is 10.5. The Morgan fingerprint density at radius 3 is 3.15 bits per heavy atom. The lowest BCUT2D eigenvalue weighted by Crippen LogP contribution is -2.08. The van der Waals surface area contributed by atoms with Gasteiger partial charge in [-0.1, -0.05) is 4.36 Å². The Bertz CT molecular complexity index is 452. The minimum Gasteiger partial charge on any atom is -0.331 e. The van der Waals surface area contributed by atoms with Gasteiger partial charge in [0, 0.05) is 6.20 Å². The molecule has 0 aliphatic carbocycles. The molecule has 0 atom stereocenters. The summed E-state index contributed by atoms with van der Waals surface area (Å²) in [5.74, 6) is 0.436. The number of hydrogen-bond donors (Lipinski definition) is 1. The van der Waals surface area contributed by atoms with Crippen molar-refractivity contribution < 1.29 is 8.42 Å². The van der Waals surface area contributed by atoms with Gasteiger partial charge in [0.05, 0.1) is 6.54 Å². The number of rotatable bonds is 1. The number of nitrogens with one attached hydrogen (secondary N) is 1. The van der Waals surface area contributed by atoms with Crippen LogP contribution in [-0.4, -0.2) is 23.2 Å². The van der Waals surface area contributed by atoms with Crippen LogP contribution in [0.2, 0.25) is 0 Å². The van der Waals surface area contributed by atoms with Crippen molar-refractivity contribution in [3.63, 3.8) is 0 Å². The summed E-state index contributed by atoms with van der Waals surface area (Å²) >= 11 is 0. The van der Waals surface area contributed by atoms with Crippen molar-refractivity contribution in [2.24, 2.45) is 4.36 Å². The lowest BCUT2D eigenvalue weighted by Gasteiger charge is -2.05. The third-order valence-corrected chi connectivity index (χ3v) is 1.74. The fourth-order valence-electron chi connectivity index (χ4n) is 0.956. The third kappa shape index (κ3) is 1.56. The molecule has 1 aromatic rings. The predicted octanol–water partition coefficient (Wildman–Crippen LogP) is -0.0885. The van der Waals surface area contributed by atoms with Crippen molar-refractivity contribution in [3.05, 3.63) is 12.3 Å². The Morgan fingerprint density at radius 2 is 2.46 bits per heavy atom. The van der Waals surface area contributed by atoms with Gasteiger partial charge in [-0.15, -0.1) is 5.10 Å². The molecule has 2 heterocycles. The first-order valence-electron chi connectivity index (χ1n) is 3.43. The molecule has 0 spiro atoms. The molecule has 0 fully saturated rings. The van der Waals surface area contributed by atoms with E-state index in [1.807, 2.05) is 6.08 Å². The highest BCUT2D eigenvalue weighted by Crippen LogP contribution is 2.13. The zero-order chi connectivity index (χ0) is 9.26. The quantitative estimate of drug-likeness (QED) is 0.682. The van der Waals surface area contributed by atoms with Crippen LogP contribution in [0, 0.1) is 0 Å². The van der Waals surface area contributed by atoms with Crippen LogP contribution >= 0.6 is 0 Å². The highest BCUT2D eigenvalue weighted by atomic mass is 32.2. The van der Waals surface area contributed by atoms with Gasteiger partial charge in [0.25, 0.3) is 5.95 Å². The van der Waals surface area contributed by atoms with E-state index in [0.29, 0.717) is 12.5 Å². The molecular weight excluding hydrogens is 194 g/mol. The second-order valence-corrected chi connectivity index (χ2v) is 2.89. The molecule has 1 aromatic heterocycles. The maximum Gasteiger partial charge on any atom is 0.319 e. The Hall–Kier alpha value is -1.70. The average Bonchev–Trinajstić information content (AvgIpc) is 2.44. The third-order valence-electron chi connectivity index (χ3n) is 1.43. The molecule has 0 bridgehead atoms. The topological polar surface area (TPSA) is 89.2 Å². The number of anilines is 1. The van der Waals surface area contributed by atoms with E-state index in [4.69, 9.17) is 0 Å². The van der Waals surface area contributed by atoms with Gasteiger partial charge in [-0.2, -0.15) is 13.4 Å². The Balaban J connectivity index is 2.43. The van der Waals surface area contributed by atoms with E-state index < -0.39 is 10.5 Å².